The number of pyridine rings is 1. The minimum absolute atomic E-state index is 0.0554. The van der Waals surface area contributed by atoms with E-state index in [9.17, 15) is 4.79 Å². The third-order valence-corrected chi connectivity index (χ3v) is 7.77. The Morgan fingerprint density at radius 3 is 2.17 bits per heavy atom. The number of carbonyl (C=O) groups is 1. The number of anilines is 1. The Balaban J connectivity index is 1.50. The Bertz CT molecular complexity index is 1020. The highest BCUT2D eigenvalue weighted by Gasteiger charge is 2.25. The molecule has 0 aliphatic carbocycles. The Labute approximate surface area is 218 Å². The van der Waals surface area contributed by atoms with Gasteiger partial charge in [0.05, 0.1) is 17.9 Å². The summed E-state index contributed by atoms with van der Waals surface area (Å²) >= 11 is 7.40. The number of ketones is 1. The number of nitrogen functional groups attached to an aromatic ring is 1. The first-order valence-electron chi connectivity index (χ1n) is 13.0. The van der Waals surface area contributed by atoms with Crippen molar-refractivity contribution in [1.82, 2.24) is 9.97 Å². The Hall–Kier alpha value is -2.18. The van der Waals surface area contributed by atoms with Crippen LogP contribution in [0.15, 0.2) is 41.3 Å². The summed E-state index contributed by atoms with van der Waals surface area (Å²) in [5.41, 5.74) is 7.12. The fourth-order valence-corrected chi connectivity index (χ4v) is 5.53. The SMILES string of the molecule is CCCCCCCCCCCCCCC(C(=O)c1ccc(Cl)nc1)c1cnc(-c2occc2N)s1. The predicted octanol–water partition coefficient (Wildman–Crippen LogP) is 9.09. The van der Waals surface area contributed by atoms with Gasteiger partial charge in [-0.15, -0.1) is 11.3 Å². The summed E-state index contributed by atoms with van der Waals surface area (Å²) < 4.78 is 5.49. The van der Waals surface area contributed by atoms with Crippen molar-refractivity contribution in [3.8, 4) is 10.8 Å². The number of unbranched alkanes of at least 4 members (excludes halogenated alkanes) is 11. The monoisotopic (exact) mass is 515 g/mol. The molecule has 0 amide bonds. The molecule has 0 aromatic carbocycles. The van der Waals surface area contributed by atoms with Crippen LogP contribution in [0.3, 0.4) is 0 Å². The van der Waals surface area contributed by atoms with Gasteiger partial charge in [-0.1, -0.05) is 95.6 Å². The molecule has 3 rings (SSSR count). The van der Waals surface area contributed by atoms with Gasteiger partial charge in [0, 0.05) is 28.9 Å². The number of thiazole rings is 1. The smallest absolute Gasteiger partial charge is 0.185 e. The van der Waals surface area contributed by atoms with Crippen molar-refractivity contribution < 1.29 is 9.21 Å². The maximum absolute atomic E-state index is 13.4. The van der Waals surface area contributed by atoms with E-state index in [2.05, 4.69) is 16.9 Å². The molecule has 0 radical (unpaired) electrons. The number of hydrogen-bond acceptors (Lipinski definition) is 6. The van der Waals surface area contributed by atoms with Crippen LogP contribution in [0.4, 0.5) is 5.69 Å². The summed E-state index contributed by atoms with van der Waals surface area (Å²) in [5.74, 6) is 0.356. The molecule has 0 aliphatic heterocycles. The molecule has 0 saturated heterocycles. The zero-order chi connectivity index (χ0) is 24.9. The average Bonchev–Trinajstić information content (AvgIpc) is 3.51. The molecule has 1 atom stereocenters. The summed E-state index contributed by atoms with van der Waals surface area (Å²) in [4.78, 5) is 22.9. The molecule has 1 unspecified atom stereocenters. The van der Waals surface area contributed by atoms with E-state index < -0.39 is 0 Å². The number of nitrogens with zero attached hydrogens (tertiary/aromatic N) is 2. The van der Waals surface area contributed by atoms with E-state index >= 15 is 0 Å². The Morgan fingerprint density at radius 2 is 1.60 bits per heavy atom. The van der Waals surface area contributed by atoms with Gasteiger partial charge in [-0.2, -0.15) is 0 Å². The highest BCUT2D eigenvalue weighted by Crippen LogP contribution is 2.36. The standard InChI is InChI=1S/C28H38ClN3O2S/c1-2-3-4-5-6-7-8-9-10-11-12-13-14-22(26(33)21-15-16-25(29)31-19-21)24-20-32-28(35-24)27-23(30)17-18-34-27/h15-20,22H,2-14,30H2,1H3. The van der Waals surface area contributed by atoms with Crippen molar-refractivity contribution in [2.45, 2.75) is 96.3 Å². The summed E-state index contributed by atoms with van der Waals surface area (Å²) in [6.07, 6.45) is 21.2. The zero-order valence-electron chi connectivity index (χ0n) is 20.8. The van der Waals surface area contributed by atoms with Gasteiger partial charge in [-0.25, -0.2) is 9.97 Å². The van der Waals surface area contributed by atoms with Gasteiger partial charge in [-0.05, 0) is 18.6 Å². The molecule has 3 aromatic rings. The quantitative estimate of drug-likeness (QED) is 0.110. The van der Waals surface area contributed by atoms with Crippen LogP contribution >= 0.6 is 22.9 Å². The average molecular weight is 516 g/mol. The zero-order valence-corrected chi connectivity index (χ0v) is 22.4. The lowest BCUT2D eigenvalue weighted by molar-refractivity contribution is 0.0954. The highest BCUT2D eigenvalue weighted by atomic mass is 35.5. The van der Waals surface area contributed by atoms with E-state index in [0.717, 1.165) is 24.1 Å². The van der Waals surface area contributed by atoms with Crippen LogP contribution in [0.25, 0.3) is 10.8 Å². The molecule has 0 saturated carbocycles. The first kappa shape index (κ1) is 27.4. The lowest BCUT2D eigenvalue weighted by Gasteiger charge is -2.14. The number of carbonyl (C=O) groups excluding carboxylic acids is 1. The molecule has 3 heterocycles. The third kappa shape index (κ3) is 8.76. The Morgan fingerprint density at radius 1 is 0.943 bits per heavy atom. The second-order valence-electron chi connectivity index (χ2n) is 9.24. The molecule has 7 heteroatoms. The van der Waals surface area contributed by atoms with E-state index in [-0.39, 0.29) is 11.7 Å². The van der Waals surface area contributed by atoms with Gasteiger partial charge in [0.2, 0.25) is 0 Å². The number of furan rings is 1. The van der Waals surface area contributed by atoms with Crippen molar-refractivity contribution >= 4 is 34.4 Å². The Kier molecular flexibility index (Phi) is 11.8. The molecule has 5 nitrogen and oxygen atoms in total. The normalized spacial score (nSPS) is 12.2. The predicted molar refractivity (Wildman–Crippen MR) is 146 cm³/mol. The molecule has 35 heavy (non-hydrogen) atoms. The third-order valence-electron chi connectivity index (χ3n) is 6.43. The second kappa shape index (κ2) is 15.0. The first-order chi connectivity index (χ1) is 17.1. The second-order valence-corrected chi connectivity index (χ2v) is 10.7. The summed E-state index contributed by atoms with van der Waals surface area (Å²) in [6, 6.07) is 5.13. The van der Waals surface area contributed by atoms with Crippen molar-refractivity contribution in [2.75, 3.05) is 5.73 Å². The number of Topliss-reactive ketones (excluding diaryl/α,β-unsaturated/α-hetero) is 1. The molecule has 190 valence electrons. The lowest BCUT2D eigenvalue weighted by Crippen LogP contribution is -2.12. The van der Waals surface area contributed by atoms with Crippen LogP contribution in [0.2, 0.25) is 5.15 Å². The minimum Gasteiger partial charge on any atom is -0.460 e. The molecule has 0 spiro atoms. The molecule has 0 fully saturated rings. The van der Waals surface area contributed by atoms with E-state index in [1.165, 1.54) is 75.5 Å². The molecular formula is C28H38ClN3O2S. The van der Waals surface area contributed by atoms with E-state index in [0.29, 0.717) is 27.2 Å². The van der Waals surface area contributed by atoms with Crippen LogP contribution < -0.4 is 5.73 Å². The maximum atomic E-state index is 13.4. The fraction of sp³-hybridized carbons (Fsp3) is 0.536. The van der Waals surface area contributed by atoms with Gasteiger partial charge in [-0.3, -0.25) is 4.79 Å². The lowest BCUT2D eigenvalue weighted by atomic mass is 9.91. The van der Waals surface area contributed by atoms with Gasteiger partial charge in [0.15, 0.2) is 16.6 Å². The number of halogens is 1. The fourth-order valence-electron chi connectivity index (χ4n) is 4.36. The molecule has 2 N–H and O–H groups in total. The molecular weight excluding hydrogens is 478 g/mol. The van der Waals surface area contributed by atoms with Crippen LogP contribution in [-0.4, -0.2) is 15.8 Å². The highest BCUT2D eigenvalue weighted by molar-refractivity contribution is 7.15. The van der Waals surface area contributed by atoms with Gasteiger partial charge in [0.1, 0.15) is 5.15 Å². The van der Waals surface area contributed by atoms with Crippen LogP contribution in [0, 0.1) is 0 Å². The summed E-state index contributed by atoms with van der Waals surface area (Å²) in [5, 5.41) is 1.08. The number of hydrogen-bond donors (Lipinski definition) is 1. The minimum atomic E-state index is -0.261. The molecule has 0 bridgehead atoms. The van der Waals surface area contributed by atoms with Gasteiger partial charge in [0.25, 0.3) is 0 Å². The van der Waals surface area contributed by atoms with Crippen molar-refractivity contribution in [2.24, 2.45) is 0 Å². The number of aromatic nitrogens is 2. The van der Waals surface area contributed by atoms with Crippen molar-refractivity contribution in [3.63, 3.8) is 0 Å². The van der Waals surface area contributed by atoms with Crippen LogP contribution in [0.5, 0.6) is 0 Å². The topological polar surface area (TPSA) is 82.0 Å². The van der Waals surface area contributed by atoms with E-state index in [4.69, 9.17) is 21.8 Å². The van der Waals surface area contributed by atoms with Crippen molar-refractivity contribution in [3.05, 3.63) is 52.4 Å². The molecule has 3 aromatic heterocycles. The van der Waals surface area contributed by atoms with Gasteiger partial charge < -0.3 is 10.2 Å². The van der Waals surface area contributed by atoms with Crippen LogP contribution in [-0.2, 0) is 0 Å². The largest absolute Gasteiger partial charge is 0.460 e. The first-order valence-corrected chi connectivity index (χ1v) is 14.2. The van der Waals surface area contributed by atoms with E-state index in [1.807, 2.05) is 0 Å². The van der Waals surface area contributed by atoms with Crippen LogP contribution in [0.1, 0.15) is 112 Å². The van der Waals surface area contributed by atoms with Crippen molar-refractivity contribution in [1.29, 1.82) is 0 Å². The number of nitrogens with two attached hydrogens (primary N) is 1. The maximum Gasteiger partial charge on any atom is 0.185 e. The number of rotatable bonds is 17. The van der Waals surface area contributed by atoms with Gasteiger partial charge >= 0.3 is 0 Å². The summed E-state index contributed by atoms with van der Waals surface area (Å²) in [6.45, 7) is 2.26. The summed E-state index contributed by atoms with van der Waals surface area (Å²) in [7, 11) is 0. The van der Waals surface area contributed by atoms with E-state index in [1.54, 1.807) is 36.9 Å². The molecule has 0 aliphatic rings.